The fraction of sp³-hybridized carbons (Fsp3) is 0.516. The summed E-state index contributed by atoms with van der Waals surface area (Å²) in [4.78, 5) is 83.7. The number of hydrogen-bond acceptors (Lipinski definition) is 11. The van der Waals surface area contributed by atoms with Gasteiger partial charge in [0.25, 0.3) is 11.8 Å². The van der Waals surface area contributed by atoms with Crippen molar-refractivity contribution < 1.29 is 52.6 Å². The fourth-order valence-corrected chi connectivity index (χ4v) is 5.53. The number of benzene rings is 1. The summed E-state index contributed by atoms with van der Waals surface area (Å²) in [5.41, 5.74) is -0.143. The first-order chi connectivity index (χ1) is 23.5. The third kappa shape index (κ3) is 9.21. The number of piperazine rings is 1. The van der Waals surface area contributed by atoms with E-state index in [4.69, 9.17) is 14.3 Å². The molecule has 0 radical (unpaired) electrons. The number of amides is 4. The second-order valence-corrected chi connectivity index (χ2v) is 11.7. The van der Waals surface area contributed by atoms with Gasteiger partial charge in [0.1, 0.15) is 17.9 Å². The number of carboxylic acid groups (broad SMARTS) is 1. The third-order valence-corrected chi connectivity index (χ3v) is 8.10. The number of carbonyl (C=O) groups excluding carboxylic acids is 5. The zero-order chi connectivity index (χ0) is 35.1. The molecule has 1 aliphatic carbocycles. The molecule has 1 aromatic carbocycles. The van der Waals surface area contributed by atoms with Crippen LogP contribution in [0.4, 0.5) is 9.18 Å². The van der Waals surface area contributed by atoms with Crippen molar-refractivity contribution in [2.45, 2.75) is 57.2 Å². The molecule has 1 saturated carbocycles. The number of nitrogens with one attached hydrogen (secondary N) is 2. The Labute approximate surface area is 280 Å². The van der Waals surface area contributed by atoms with Crippen molar-refractivity contribution in [2.24, 2.45) is 0 Å². The minimum absolute atomic E-state index is 0.0740. The van der Waals surface area contributed by atoms with Gasteiger partial charge in [-0.3, -0.25) is 24.0 Å². The summed E-state index contributed by atoms with van der Waals surface area (Å²) in [5.74, 6) is -4.35. The van der Waals surface area contributed by atoms with Crippen molar-refractivity contribution in [1.82, 2.24) is 35.3 Å². The molecule has 3 aliphatic rings. The van der Waals surface area contributed by atoms with E-state index in [9.17, 15) is 38.3 Å². The van der Waals surface area contributed by atoms with Crippen LogP contribution in [-0.2, 0) is 28.8 Å². The Bertz CT molecular complexity index is 1570. The predicted molar refractivity (Wildman–Crippen MR) is 165 cm³/mol. The van der Waals surface area contributed by atoms with Crippen molar-refractivity contribution in [3.63, 3.8) is 0 Å². The van der Waals surface area contributed by atoms with Crippen LogP contribution in [-0.4, -0.2) is 130 Å². The number of rotatable bonds is 13. The van der Waals surface area contributed by atoms with Gasteiger partial charge in [-0.25, -0.2) is 13.9 Å². The van der Waals surface area contributed by atoms with Gasteiger partial charge < -0.3 is 39.9 Å². The average molecular weight is 688 g/mol. The first-order valence-corrected chi connectivity index (χ1v) is 16.0. The second-order valence-electron chi connectivity index (χ2n) is 11.7. The normalized spacial score (nSPS) is 18.4. The van der Waals surface area contributed by atoms with Gasteiger partial charge in [0.2, 0.25) is 17.7 Å². The van der Waals surface area contributed by atoms with Crippen LogP contribution >= 0.6 is 0 Å². The number of hydrogen-bond donors (Lipinski definition) is 3. The van der Waals surface area contributed by atoms with Crippen molar-refractivity contribution in [1.29, 1.82) is 0 Å². The van der Waals surface area contributed by atoms with Gasteiger partial charge >= 0.3 is 12.1 Å². The van der Waals surface area contributed by atoms with E-state index in [1.165, 1.54) is 39.1 Å². The number of aliphatic carboxylic acids is 1. The van der Waals surface area contributed by atoms with E-state index in [1.54, 1.807) is 6.92 Å². The maximum atomic E-state index is 14.2. The molecule has 3 fully saturated rings. The lowest BCUT2D eigenvalue weighted by Gasteiger charge is -2.34. The standard InChI is InChI=1S/C31H38FN7O10/c1-2-47-31(46)49-37-13-11-36(12-14-37)30(45)23(17-27(41)42)34-28(43)22-16-26(39(35-22)21-6-3-5-19(32)15-21)48-18-25(40)38-10-4-7-24(38)29(44)33-20-8-9-20/h3,5-6,15-16,20,23-24H,2,4,7-14,17-18H2,1H3,(H,33,44)(H,34,43)(H,41,42)/t23-,24-/m0/s1. The molecule has 0 unspecified atom stereocenters. The topological polar surface area (TPSA) is 202 Å². The Kier molecular flexibility index (Phi) is 11.3. The summed E-state index contributed by atoms with van der Waals surface area (Å²) in [5, 5.41) is 20.4. The fourth-order valence-electron chi connectivity index (χ4n) is 5.53. The van der Waals surface area contributed by atoms with Crippen molar-refractivity contribution in [3.8, 4) is 11.6 Å². The van der Waals surface area contributed by atoms with E-state index in [0.717, 1.165) is 23.6 Å². The number of halogens is 1. The number of hydroxylamine groups is 2. The molecular weight excluding hydrogens is 649 g/mol. The molecule has 2 atom stereocenters. The van der Waals surface area contributed by atoms with Crippen LogP contribution in [0.15, 0.2) is 30.3 Å². The Hall–Kier alpha value is -5.26. The van der Waals surface area contributed by atoms with Gasteiger partial charge in [-0.15, -0.1) is 5.06 Å². The zero-order valence-corrected chi connectivity index (χ0v) is 26.8. The van der Waals surface area contributed by atoms with Crippen LogP contribution in [0.3, 0.4) is 0 Å². The van der Waals surface area contributed by atoms with E-state index >= 15 is 0 Å². The summed E-state index contributed by atoms with van der Waals surface area (Å²) in [6.45, 7) is 2.00. The van der Waals surface area contributed by atoms with Crippen LogP contribution in [0.1, 0.15) is 49.5 Å². The molecule has 3 heterocycles. The Morgan fingerprint density at radius 2 is 1.80 bits per heavy atom. The highest BCUT2D eigenvalue weighted by molar-refractivity contribution is 5.97. The number of likely N-dealkylation sites (tertiary alicyclic amines) is 1. The van der Waals surface area contributed by atoms with Crippen LogP contribution in [0.25, 0.3) is 5.69 Å². The molecule has 2 saturated heterocycles. The van der Waals surface area contributed by atoms with Crippen LogP contribution < -0.4 is 15.4 Å². The van der Waals surface area contributed by atoms with E-state index < -0.39 is 60.8 Å². The number of carboxylic acids is 1. The number of ether oxygens (including phenoxy) is 2. The molecule has 5 rings (SSSR count). The Morgan fingerprint density at radius 1 is 1.04 bits per heavy atom. The molecular formula is C31H38FN7O10. The first kappa shape index (κ1) is 35.1. The molecule has 264 valence electrons. The van der Waals surface area contributed by atoms with Crippen LogP contribution in [0.5, 0.6) is 5.88 Å². The molecule has 0 spiro atoms. The first-order valence-electron chi connectivity index (χ1n) is 16.0. The van der Waals surface area contributed by atoms with Crippen molar-refractivity contribution in [2.75, 3.05) is 45.9 Å². The molecule has 49 heavy (non-hydrogen) atoms. The van der Waals surface area contributed by atoms with Gasteiger partial charge in [-0.1, -0.05) is 6.07 Å². The SMILES string of the molecule is CCOC(=O)ON1CCN(C(=O)[C@H](CC(=O)O)NC(=O)c2cc(OCC(=O)N3CCC[C@H]3C(=O)NC3CC3)n(-c3cccc(F)c3)n2)CC1. The second kappa shape index (κ2) is 15.8. The number of aromatic nitrogens is 2. The van der Waals surface area contributed by atoms with Gasteiger partial charge in [0.15, 0.2) is 12.3 Å². The largest absolute Gasteiger partial charge is 0.527 e. The van der Waals surface area contributed by atoms with Gasteiger partial charge in [-0.2, -0.15) is 5.10 Å². The minimum atomic E-state index is -1.48. The summed E-state index contributed by atoms with van der Waals surface area (Å²) in [6.07, 6.45) is 1.35. The summed E-state index contributed by atoms with van der Waals surface area (Å²) in [6, 6.07) is 4.45. The monoisotopic (exact) mass is 687 g/mol. The number of nitrogens with zero attached hydrogens (tertiary/aromatic N) is 5. The smallest absolute Gasteiger partial charge is 0.481 e. The predicted octanol–water partition coefficient (Wildman–Crippen LogP) is 0.465. The molecule has 3 N–H and O–H groups in total. The summed E-state index contributed by atoms with van der Waals surface area (Å²) in [7, 11) is 0. The van der Waals surface area contributed by atoms with Crippen molar-refractivity contribution >= 4 is 35.8 Å². The molecule has 4 amide bonds. The van der Waals surface area contributed by atoms with Gasteiger partial charge in [0, 0.05) is 31.7 Å². The van der Waals surface area contributed by atoms with Gasteiger partial charge in [-0.05, 0) is 50.8 Å². The van der Waals surface area contributed by atoms with Crippen molar-refractivity contribution in [3.05, 3.63) is 41.8 Å². The average Bonchev–Trinajstić information content (AvgIpc) is 3.55. The van der Waals surface area contributed by atoms with E-state index in [-0.39, 0.29) is 62.0 Å². The molecule has 2 aliphatic heterocycles. The highest BCUT2D eigenvalue weighted by Gasteiger charge is 2.37. The molecule has 2 aromatic rings. The third-order valence-electron chi connectivity index (χ3n) is 8.10. The minimum Gasteiger partial charge on any atom is -0.481 e. The molecule has 1 aromatic heterocycles. The summed E-state index contributed by atoms with van der Waals surface area (Å²) < 4.78 is 25.8. The highest BCUT2D eigenvalue weighted by Crippen LogP contribution is 2.24. The lowest BCUT2D eigenvalue weighted by Crippen LogP contribution is -2.55. The molecule has 17 nitrogen and oxygen atoms in total. The van der Waals surface area contributed by atoms with E-state index in [2.05, 4.69) is 15.7 Å². The maximum Gasteiger partial charge on any atom is 0.527 e. The lowest BCUT2D eigenvalue weighted by molar-refractivity contribution is -0.158. The lowest BCUT2D eigenvalue weighted by atomic mass is 10.1. The Balaban J connectivity index is 1.28. The van der Waals surface area contributed by atoms with E-state index in [0.29, 0.717) is 19.4 Å². The van der Waals surface area contributed by atoms with E-state index in [1.807, 2.05) is 0 Å². The quantitative estimate of drug-likeness (QED) is 0.246. The number of carbonyl (C=O) groups is 6. The molecule has 0 bridgehead atoms. The maximum absolute atomic E-state index is 14.2. The zero-order valence-electron chi connectivity index (χ0n) is 26.8. The van der Waals surface area contributed by atoms with Gasteiger partial charge in [0.05, 0.1) is 31.8 Å². The van der Waals surface area contributed by atoms with Crippen LogP contribution in [0, 0.1) is 5.82 Å². The molecule has 18 heteroatoms. The highest BCUT2D eigenvalue weighted by atomic mass is 19.1. The Morgan fingerprint density at radius 3 is 2.47 bits per heavy atom. The summed E-state index contributed by atoms with van der Waals surface area (Å²) >= 11 is 0. The van der Waals surface area contributed by atoms with Crippen LogP contribution in [0.2, 0.25) is 0 Å².